The molecule has 0 aromatic carbocycles. The maximum atomic E-state index is 11.9. The quantitative estimate of drug-likeness (QED) is 0.864. The first kappa shape index (κ1) is 12.7. The summed E-state index contributed by atoms with van der Waals surface area (Å²) in [6, 6.07) is 1.59. The second-order valence-corrected chi connectivity index (χ2v) is 6.91. The predicted molar refractivity (Wildman–Crippen MR) is 68.3 cm³/mol. The molecule has 0 radical (unpaired) electrons. The first-order valence-corrected chi connectivity index (χ1v) is 8.06. The van der Waals surface area contributed by atoms with E-state index < -0.39 is 10.0 Å². The fourth-order valence-corrected chi connectivity index (χ4v) is 3.99. The fraction of sp³-hybridized carbons (Fsp3) is 0.222. The summed E-state index contributed by atoms with van der Waals surface area (Å²) in [5, 5.41) is 3.56. The van der Waals surface area contributed by atoms with Crippen LogP contribution < -0.4 is 10.5 Å². The number of aromatic nitrogens is 1. The molecule has 92 valence electrons. The second kappa shape index (κ2) is 5.23. The number of rotatable bonds is 5. The van der Waals surface area contributed by atoms with Gasteiger partial charge in [0.25, 0.3) is 0 Å². The summed E-state index contributed by atoms with van der Waals surface area (Å²) in [6.45, 7) is 0.555. The third kappa shape index (κ3) is 3.11. The monoisotopic (exact) mass is 289 g/mol. The van der Waals surface area contributed by atoms with Crippen molar-refractivity contribution in [2.75, 3.05) is 0 Å². The zero-order valence-electron chi connectivity index (χ0n) is 8.79. The lowest BCUT2D eigenvalue weighted by atomic mass is 10.4. The smallest absolute Gasteiger partial charge is 0.250 e. The van der Waals surface area contributed by atoms with Gasteiger partial charge in [0.15, 0.2) is 0 Å². The lowest BCUT2D eigenvalue weighted by molar-refractivity contribution is 0.582. The van der Waals surface area contributed by atoms with Crippen molar-refractivity contribution in [2.45, 2.75) is 17.3 Å². The topological polar surface area (TPSA) is 85.1 Å². The van der Waals surface area contributed by atoms with E-state index >= 15 is 0 Å². The van der Waals surface area contributed by atoms with Gasteiger partial charge >= 0.3 is 0 Å². The van der Waals surface area contributed by atoms with Crippen LogP contribution in [0.5, 0.6) is 0 Å². The van der Waals surface area contributed by atoms with Crippen LogP contribution in [0.15, 0.2) is 26.5 Å². The molecule has 5 nitrogen and oxygen atoms in total. The average molecular weight is 289 g/mol. The van der Waals surface area contributed by atoms with Crippen molar-refractivity contribution in [1.82, 2.24) is 9.71 Å². The highest BCUT2D eigenvalue weighted by atomic mass is 32.2. The molecule has 2 aromatic rings. The van der Waals surface area contributed by atoms with Gasteiger partial charge in [-0.25, -0.2) is 18.1 Å². The number of hydrogen-bond acceptors (Lipinski definition) is 6. The third-order valence-electron chi connectivity index (χ3n) is 2.06. The van der Waals surface area contributed by atoms with Crippen molar-refractivity contribution in [3.8, 4) is 0 Å². The van der Waals surface area contributed by atoms with E-state index in [0.717, 1.165) is 5.56 Å². The summed E-state index contributed by atoms with van der Waals surface area (Å²) in [5.41, 5.74) is 8.65. The maximum Gasteiger partial charge on any atom is 0.250 e. The number of nitrogens with one attached hydrogen (secondary N) is 1. The molecule has 0 aliphatic carbocycles. The molecule has 17 heavy (non-hydrogen) atoms. The fourth-order valence-electron chi connectivity index (χ4n) is 1.17. The Morgan fingerprint density at radius 1 is 1.41 bits per heavy atom. The summed E-state index contributed by atoms with van der Waals surface area (Å²) in [4.78, 5) is 4.01. The molecule has 2 rings (SSSR count). The molecule has 8 heteroatoms. The van der Waals surface area contributed by atoms with Crippen LogP contribution in [0.1, 0.15) is 11.3 Å². The molecule has 2 aromatic heterocycles. The van der Waals surface area contributed by atoms with E-state index in [4.69, 9.17) is 5.73 Å². The molecule has 0 saturated heterocycles. The van der Waals surface area contributed by atoms with Crippen LogP contribution in [0.25, 0.3) is 0 Å². The average Bonchev–Trinajstić information content (AvgIpc) is 2.98. The number of sulfonamides is 1. The third-order valence-corrected chi connectivity index (χ3v) is 5.58. The van der Waals surface area contributed by atoms with Crippen molar-refractivity contribution < 1.29 is 8.42 Å². The molecule has 0 aliphatic heterocycles. The molecule has 0 amide bonds. The van der Waals surface area contributed by atoms with Gasteiger partial charge in [0.05, 0.1) is 17.7 Å². The van der Waals surface area contributed by atoms with E-state index in [1.807, 2.05) is 5.38 Å². The molecule has 3 N–H and O–H groups in total. The Bertz CT molecular complexity index is 574. The highest BCUT2D eigenvalue weighted by Crippen LogP contribution is 2.19. The van der Waals surface area contributed by atoms with E-state index in [0.29, 0.717) is 12.2 Å². The Labute approximate surface area is 107 Å². The molecular formula is C9H11N3O2S3. The summed E-state index contributed by atoms with van der Waals surface area (Å²) in [7, 11) is -3.45. The number of thiophene rings is 1. The van der Waals surface area contributed by atoms with Gasteiger partial charge in [-0.2, -0.15) is 0 Å². The van der Waals surface area contributed by atoms with Gasteiger partial charge in [0, 0.05) is 11.9 Å². The molecule has 0 spiro atoms. The molecule has 0 aliphatic rings. The van der Waals surface area contributed by atoms with Gasteiger partial charge in [0.2, 0.25) is 10.0 Å². The van der Waals surface area contributed by atoms with E-state index in [9.17, 15) is 8.42 Å². The molecular weight excluding hydrogens is 278 g/mol. The predicted octanol–water partition coefficient (Wildman–Crippen LogP) is 1.14. The maximum absolute atomic E-state index is 11.9. The van der Waals surface area contributed by atoms with Crippen LogP contribution in [-0.2, 0) is 23.1 Å². The molecule has 0 saturated carbocycles. The minimum Gasteiger partial charge on any atom is -0.326 e. The highest BCUT2D eigenvalue weighted by Gasteiger charge is 2.16. The Morgan fingerprint density at radius 2 is 2.24 bits per heavy atom. The zero-order valence-corrected chi connectivity index (χ0v) is 11.2. The van der Waals surface area contributed by atoms with Gasteiger partial charge < -0.3 is 5.73 Å². The van der Waals surface area contributed by atoms with Gasteiger partial charge in [0.1, 0.15) is 4.21 Å². The first-order chi connectivity index (χ1) is 8.12. The lowest BCUT2D eigenvalue weighted by Crippen LogP contribution is -2.22. The van der Waals surface area contributed by atoms with E-state index in [-0.39, 0.29) is 10.8 Å². The molecule has 2 heterocycles. The van der Waals surface area contributed by atoms with Crippen LogP contribution in [0.4, 0.5) is 0 Å². The van der Waals surface area contributed by atoms with Crippen molar-refractivity contribution in [3.63, 3.8) is 0 Å². The number of nitrogens with two attached hydrogens (primary N) is 1. The highest BCUT2D eigenvalue weighted by molar-refractivity contribution is 7.91. The number of nitrogens with zero attached hydrogens (tertiary/aromatic N) is 1. The Morgan fingerprint density at radius 3 is 2.82 bits per heavy atom. The largest absolute Gasteiger partial charge is 0.326 e. The minimum atomic E-state index is -3.45. The lowest BCUT2D eigenvalue weighted by Gasteiger charge is -2.01. The van der Waals surface area contributed by atoms with Gasteiger partial charge in [-0.3, -0.25) is 0 Å². The van der Waals surface area contributed by atoms with E-state index in [2.05, 4.69) is 9.71 Å². The van der Waals surface area contributed by atoms with Crippen LogP contribution >= 0.6 is 22.7 Å². The first-order valence-electron chi connectivity index (χ1n) is 4.76. The molecule has 0 atom stereocenters. The Hall–Kier alpha value is -0.800. The Balaban J connectivity index is 2.08. The van der Waals surface area contributed by atoms with E-state index in [1.165, 1.54) is 22.7 Å². The van der Waals surface area contributed by atoms with Gasteiger partial charge in [-0.15, -0.1) is 22.7 Å². The van der Waals surface area contributed by atoms with E-state index in [1.54, 1.807) is 17.0 Å². The van der Waals surface area contributed by atoms with Crippen molar-refractivity contribution in [3.05, 3.63) is 33.6 Å². The summed E-state index contributed by atoms with van der Waals surface area (Å²) < 4.78 is 26.6. The van der Waals surface area contributed by atoms with Crippen molar-refractivity contribution in [2.24, 2.45) is 5.73 Å². The molecule has 0 unspecified atom stereocenters. The van der Waals surface area contributed by atoms with Crippen LogP contribution in [0.2, 0.25) is 0 Å². The van der Waals surface area contributed by atoms with Crippen LogP contribution in [0.3, 0.4) is 0 Å². The standard InChI is InChI=1S/C9H11N3O2S3/c10-2-7-1-9(16-4-7)17(13,14)12-3-8-5-15-6-11-8/h1,4-6,12H,2-3,10H2. The van der Waals surface area contributed by atoms with Crippen LogP contribution in [0, 0.1) is 0 Å². The minimum absolute atomic E-state index is 0.210. The number of thiazole rings is 1. The van der Waals surface area contributed by atoms with Crippen molar-refractivity contribution in [1.29, 1.82) is 0 Å². The summed E-state index contributed by atoms with van der Waals surface area (Å²) in [5.74, 6) is 0. The second-order valence-electron chi connectivity index (χ2n) is 3.28. The van der Waals surface area contributed by atoms with Crippen LogP contribution in [-0.4, -0.2) is 13.4 Å². The summed E-state index contributed by atoms with van der Waals surface area (Å²) in [6.07, 6.45) is 0. The Kier molecular flexibility index (Phi) is 3.89. The van der Waals surface area contributed by atoms with Gasteiger partial charge in [-0.05, 0) is 17.0 Å². The molecule has 0 fully saturated rings. The van der Waals surface area contributed by atoms with Gasteiger partial charge in [-0.1, -0.05) is 0 Å². The normalized spacial score (nSPS) is 11.8. The zero-order chi connectivity index (χ0) is 12.3. The van der Waals surface area contributed by atoms with Crippen molar-refractivity contribution >= 4 is 32.7 Å². The summed E-state index contributed by atoms with van der Waals surface area (Å²) >= 11 is 2.60. The number of hydrogen-bond donors (Lipinski definition) is 2. The SMILES string of the molecule is NCc1csc(S(=O)(=O)NCc2cscn2)c1. The molecule has 0 bridgehead atoms.